The second-order valence-corrected chi connectivity index (χ2v) is 10.1. The molecule has 0 aliphatic carbocycles. The Labute approximate surface area is 216 Å². The third-order valence-corrected chi connectivity index (χ3v) is 6.96. The molecule has 8 nitrogen and oxygen atoms in total. The summed E-state index contributed by atoms with van der Waals surface area (Å²) in [6.07, 6.45) is 0. The molecule has 8 heteroatoms. The maximum atomic E-state index is 13.8. The van der Waals surface area contributed by atoms with Gasteiger partial charge in [0.25, 0.3) is 5.91 Å². The number of fused-ring (bicyclic) bond motifs is 2. The summed E-state index contributed by atoms with van der Waals surface area (Å²) in [5, 5.41) is 0.482. The van der Waals surface area contributed by atoms with Gasteiger partial charge in [-0.2, -0.15) is 0 Å². The van der Waals surface area contributed by atoms with E-state index in [2.05, 4.69) is 18.7 Å². The number of amides is 1. The van der Waals surface area contributed by atoms with Crippen LogP contribution in [0.15, 0.2) is 45.6 Å². The zero-order valence-corrected chi connectivity index (χ0v) is 21.9. The topological polar surface area (TPSA) is 81.5 Å². The first-order valence-electron chi connectivity index (χ1n) is 12.9. The van der Waals surface area contributed by atoms with Gasteiger partial charge in [0.2, 0.25) is 5.76 Å². The standard InChI is InChI=1S/C29H34N2O6/c1-18(2)17-36-23-8-6-20(16-24(23)34-4)26-25-27(32)21-15-19(3)5-7-22(21)37-28(25)29(33)31(26)10-9-30-11-13-35-14-12-30/h5-8,15-16,18,26H,9-14,17H2,1-4H3. The molecule has 1 atom stereocenters. The molecule has 1 amide bonds. The minimum absolute atomic E-state index is 0.118. The van der Waals surface area contributed by atoms with Crippen LogP contribution in [0.3, 0.4) is 0 Å². The van der Waals surface area contributed by atoms with Gasteiger partial charge in [-0.3, -0.25) is 14.5 Å². The molecule has 2 aliphatic heterocycles. The molecule has 0 N–H and O–H groups in total. The number of ether oxygens (including phenoxy) is 3. The molecule has 0 spiro atoms. The first-order valence-corrected chi connectivity index (χ1v) is 12.9. The van der Waals surface area contributed by atoms with E-state index in [1.54, 1.807) is 18.1 Å². The molecule has 3 heterocycles. The molecule has 2 aliphatic rings. The van der Waals surface area contributed by atoms with Gasteiger partial charge in [0.05, 0.1) is 43.9 Å². The molecule has 0 saturated carbocycles. The van der Waals surface area contributed by atoms with E-state index in [1.165, 1.54) is 0 Å². The third kappa shape index (κ3) is 4.95. The molecule has 5 rings (SSSR count). The highest BCUT2D eigenvalue weighted by molar-refractivity contribution is 5.99. The zero-order valence-electron chi connectivity index (χ0n) is 21.9. The summed E-state index contributed by atoms with van der Waals surface area (Å²) in [4.78, 5) is 31.6. The van der Waals surface area contributed by atoms with Gasteiger partial charge in [-0.05, 0) is 42.7 Å². The number of morpholine rings is 1. The van der Waals surface area contributed by atoms with E-state index in [1.807, 2.05) is 37.3 Å². The van der Waals surface area contributed by atoms with Gasteiger partial charge in [-0.25, -0.2) is 0 Å². The van der Waals surface area contributed by atoms with E-state index in [0.717, 1.165) is 24.2 Å². The number of hydrogen-bond acceptors (Lipinski definition) is 7. The van der Waals surface area contributed by atoms with Crippen LogP contribution in [0.5, 0.6) is 11.5 Å². The van der Waals surface area contributed by atoms with E-state index in [-0.39, 0.29) is 17.1 Å². The van der Waals surface area contributed by atoms with Crippen molar-refractivity contribution in [3.8, 4) is 11.5 Å². The first-order chi connectivity index (χ1) is 17.9. The zero-order chi connectivity index (χ0) is 26.1. The van der Waals surface area contributed by atoms with Crippen LogP contribution in [0.2, 0.25) is 0 Å². The predicted octanol–water partition coefficient (Wildman–Crippen LogP) is 4.02. The minimum Gasteiger partial charge on any atom is -0.493 e. The van der Waals surface area contributed by atoms with Crippen LogP contribution in [-0.2, 0) is 4.74 Å². The summed E-state index contributed by atoms with van der Waals surface area (Å²) in [5.74, 6) is 1.40. The number of benzene rings is 2. The number of methoxy groups -OCH3 is 1. The van der Waals surface area contributed by atoms with Gasteiger partial charge in [0.1, 0.15) is 5.58 Å². The molecule has 0 bridgehead atoms. The predicted molar refractivity (Wildman–Crippen MR) is 141 cm³/mol. The molecular weight excluding hydrogens is 472 g/mol. The molecule has 2 aromatic carbocycles. The summed E-state index contributed by atoms with van der Waals surface area (Å²) in [7, 11) is 1.59. The highest BCUT2D eigenvalue weighted by Gasteiger charge is 2.43. The van der Waals surface area contributed by atoms with E-state index < -0.39 is 6.04 Å². The molecule has 0 radical (unpaired) electrons. The molecule has 3 aromatic rings. The monoisotopic (exact) mass is 506 g/mol. The van der Waals surface area contributed by atoms with Gasteiger partial charge in [0, 0.05) is 26.2 Å². The Balaban J connectivity index is 1.59. The van der Waals surface area contributed by atoms with Crippen LogP contribution in [-0.4, -0.2) is 68.8 Å². The van der Waals surface area contributed by atoms with Crippen LogP contribution in [0.25, 0.3) is 11.0 Å². The number of rotatable bonds is 8. The largest absolute Gasteiger partial charge is 0.493 e. The van der Waals surface area contributed by atoms with Gasteiger partial charge >= 0.3 is 0 Å². The van der Waals surface area contributed by atoms with E-state index >= 15 is 0 Å². The Hall–Kier alpha value is -3.36. The van der Waals surface area contributed by atoms with E-state index in [0.29, 0.717) is 66.9 Å². The Kier molecular flexibility index (Phi) is 7.22. The lowest BCUT2D eigenvalue weighted by atomic mass is 9.97. The first kappa shape index (κ1) is 25.3. The molecule has 1 unspecified atom stereocenters. The van der Waals surface area contributed by atoms with Gasteiger partial charge in [-0.15, -0.1) is 0 Å². The lowest BCUT2D eigenvalue weighted by Gasteiger charge is -2.31. The van der Waals surface area contributed by atoms with Crippen LogP contribution >= 0.6 is 0 Å². The van der Waals surface area contributed by atoms with Gasteiger partial charge in [-0.1, -0.05) is 31.5 Å². The molecule has 1 saturated heterocycles. The normalized spacial score (nSPS) is 18.0. The highest BCUT2D eigenvalue weighted by Crippen LogP contribution is 2.41. The summed E-state index contributed by atoms with van der Waals surface area (Å²) < 4.78 is 23.1. The maximum absolute atomic E-state index is 13.8. The lowest BCUT2D eigenvalue weighted by molar-refractivity contribution is 0.0314. The van der Waals surface area contributed by atoms with Crippen molar-refractivity contribution in [1.29, 1.82) is 0 Å². The molecule has 1 aromatic heterocycles. The fraction of sp³-hybridized carbons (Fsp3) is 0.448. The van der Waals surface area contributed by atoms with Crippen LogP contribution in [0.4, 0.5) is 0 Å². The van der Waals surface area contributed by atoms with Crippen molar-refractivity contribution in [3.05, 3.63) is 69.1 Å². The van der Waals surface area contributed by atoms with E-state index in [4.69, 9.17) is 18.6 Å². The quantitative estimate of drug-likeness (QED) is 0.456. The number of hydrogen-bond donors (Lipinski definition) is 0. The summed E-state index contributed by atoms with van der Waals surface area (Å²) in [5.41, 5.74) is 2.36. The number of aryl methyl sites for hydroxylation is 1. The third-order valence-electron chi connectivity index (χ3n) is 6.96. The number of carbonyl (C=O) groups excluding carboxylic acids is 1. The summed E-state index contributed by atoms with van der Waals surface area (Å²) >= 11 is 0. The Bertz CT molecular complexity index is 1360. The highest BCUT2D eigenvalue weighted by atomic mass is 16.5. The lowest BCUT2D eigenvalue weighted by Crippen LogP contribution is -2.42. The second kappa shape index (κ2) is 10.6. The van der Waals surface area contributed by atoms with Crippen molar-refractivity contribution < 1.29 is 23.4 Å². The van der Waals surface area contributed by atoms with Gasteiger partial charge in [0.15, 0.2) is 16.9 Å². The molecular formula is C29H34N2O6. The Morgan fingerprint density at radius 1 is 1.03 bits per heavy atom. The van der Waals surface area contributed by atoms with Crippen molar-refractivity contribution in [2.24, 2.45) is 5.92 Å². The minimum atomic E-state index is -0.585. The van der Waals surface area contributed by atoms with E-state index in [9.17, 15) is 9.59 Å². The SMILES string of the molecule is COc1cc(C2c3c(oc4ccc(C)cc4c3=O)C(=O)N2CCN2CCOCC2)ccc1OCC(C)C. The Morgan fingerprint density at radius 2 is 1.81 bits per heavy atom. The van der Waals surface area contributed by atoms with Crippen molar-refractivity contribution in [2.75, 3.05) is 53.1 Å². The number of carbonyl (C=O) groups is 1. The fourth-order valence-corrected chi connectivity index (χ4v) is 5.02. The van der Waals surface area contributed by atoms with Crippen LogP contribution < -0.4 is 14.9 Å². The average molecular weight is 507 g/mol. The Morgan fingerprint density at radius 3 is 2.54 bits per heavy atom. The number of nitrogens with zero attached hydrogens (tertiary/aromatic N) is 2. The van der Waals surface area contributed by atoms with Crippen molar-refractivity contribution >= 4 is 16.9 Å². The summed E-state index contributed by atoms with van der Waals surface area (Å²) in [6.45, 7) is 10.8. The van der Waals surface area contributed by atoms with Crippen molar-refractivity contribution in [2.45, 2.75) is 26.8 Å². The van der Waals surface area contributed by atoms with Gasteiger partial charge < -0.3 is 23.5 Å². The molecule has 196 valence electrons. The molecule has 1 fully saturated rings. The van der Waals surface area contributed by atoms with Crippen molar-refractivity contribution in [1.82, 2.24) is 9.80 Å². The maximum Gasteiger partial charge on any atom is 0.290 e. The smallest absolute Gasteiger partial charge is 0.290 e. The second-order valence-electron chi connectivity index (χ2n) is 10.1. The van der Waals surface area contributed by atoms with Crippen LogP contribution in [0.1, 0.15) is 47.1 Å². The van der Waals surface area contributed by atoms with Crippen molar-refractivity contribution in [3.63, 3.8) is 0 Å². The summed E-state index contributed by atoms with van der Waals surface area (Å²) in [6, 6.07) is 10.5. The van der Waals surface area contributed by atoms with Crippen LogP contribution in [0, 0.1) is 12.8 Å². The average Bonchev–Trinajstić information content (AvgIpc) is 3.18. The molecule has 37 heavy (non-hydrogen) atoms. The fourth-order valence-electron chi connectivity index (χ4n) is 5.02.